The van der Waals surface area contributed by atoms with Crippen LogP contribution in [0.1, 0.15) is 70.8 Å². The number of hydrogen-bond donors (Lipinski definition) is 2. The Morgan fingerprint density at radius 3 is 1.41 bits per heavy atom. The van der Waals surface area contributed by atoms with Crippen molar-refractivity contribution in [2.24, 2.45) is 0 Å². The molecule has 2 N–H and O–H groups in total. The van der Waals surface area contributed by atoms with Gasteiger partial charge < -0.3 is 0 Å². The standard InChI is InChI=1S/C38H28Cl4F2N4O6S4/c39-19-9-11-29(25(41)13-19)47-37-21-17-33(57(49,50)51)55-31(21)15-23(37)35(45-47)27(43)7-5-3-1-2-4-6-8-28(44)36-24-16-32-22(18-34(56-32)58(52,53)54)38(24)48(46-36)30-12-10-20(40)14-26(30)42/h7-14,17-18H,1-6,15-16H2,(H,49,50,51)(H,52,53,54)/b27-7-,28-8-. The summed E-state index contributed by atoms with van der Waals surface area (Å²) in [4.78, 5) is 1.29. The predicted octanol–water partition coefficient (Wildman–Crippen LogP) is 12.1. The van der Waals surface area contributed by atoms with E-state index in [-0.39, 0.29) is 42.7 Å². The molecule has 6 aromatic rings. The Morgan fingerprint density at radius 2 is 1.05 bits per heavy atom. The van der Waals surface area contributed by atoms with E-state index in [9.17, 15) is 25.9 Å². The second kappa shape index (κ2) is 15.9. The van der Waals surface area contributed by atoms with E-state index in [1.807, 2.05) is 0 Å². The van der Waals surface area contributed by atoms with Crippen LogP contribution < -0.4 is 0 Å². The SMILES string of the molecule is O=S(=O)(O)c1cc2c(s1)Cc1c(/C(F)=C/CCCCCC/C=C(\F)c3nn(-c4ccc(Cl)cc4Cl)c4c3Cc3sc(S(=O)(=O)O)cc3-4)nn(-c3ccc(Cl)cc3Cl)c1-2. The summed E-state index contributed by atoms with van der Waals surface area (Å²) in [5.41, 5.74) is 4.22. The van der Waals surface area contributed by atoms with Gasteiger partial charge in [-0.1, -0.05) is 59.2 Å². The molecule has 10 nitrogen and oxygen atoms in total. The fourth-order valence-electron chi connectivity index (χ4n) is 7.17. The topological polar surface area (TPSA) is 144 Å². The summed E-state index contributed by atoms with van der Waals surface area (Å²) in [6.45, 7) is 0. The van der Waals surface area contributed by atoms with Gasteiger partial charge in [0.05, 0.1) is 32.8 Å². The van der Waals surface area contributed by atoms with Crippen LogP contribution in [0.2, 0.25) is 20.1 Å². The second-order valence-corrected chi connectivity index (χ2v) is 20.8. The molecule has 2 aromatic carbocycles. The number of nitrogens with zero attached hydrogens (tertiary/aromatic N) is 4. The Bertz CT molecular complexity index is 2760. The van der Waals surface area contributed by atoms with Crippen molar-refractivity contribution in [3.8, 4) is 33.9 Å². The van der Waals surface area contributed by atoms with E-state index >= 15 is 8.78 Å². The minimum atomic E-state index is -4.45. The number of hydrogen-bond acceptors (Lipinski definition) is 8. The minimum absolute atomic E-state index is 0.111. The molecule has 2 aliphatic carbocycles. The summed E-state index contributed by atoms with van der Waals surface area (Å²) < 4.78 is 101. The van der Waals surface area contributed by atoms with E-state index < -0.39 is 31.9 Å². The second-order valence-electron chi connectivity index (χ2n) is 13.6. The largest absolute Gasteiger partial charge is 0.304 e. The lowest BCUT2D eigenvalue weighted by molar-refractivity contribution is 0.483. The van der Waals surface area contributed by atoms with Crippen LogP contribution in [0.5, 0.6) is 0 Å². The lowest BCUT2D eigenvalue weighted by atomic mass is 10.1. The molecule has 4 heterocycles. The molecule has 8 rings (SSSR count). The maximum absolute atomic E-state index is 15.8. The molecule has 0 unspecified atom stereocenters. The van der Waals surface area contributed by atoms with Crippen LogP contribution in [0.3, 0.4) is 0 Å². The molecular formula is C38H28Cl4F2N4O6S4. The highest BCUT2D eigenvalue weighted by molar-refractivity contribution is 7.88. The van der Waals surface area contributed by atoms with Crippen LogP contribution in [0, 0.1) is 0 Å². The number of benzene rings is 2. The quantitative estimate of drug-likeness (QED) is 0.0859. The first-order chi connectivity index (χ1) is 27.5. The van der Waals surface area contributed by atoms with E-state index in [4.69, 9.17) is 46.4 Å². The highest BCUT2D eigenvalue weighted by atomic mass is 35.5. The van der Waals surface area contributed by atoms with Crippen LogP contribution in [-0.4, -0.2) is 45.5 Å². The zero-order valence-corrected chi connectivity index (χ0v) is 35.9. The number of thiophene rings is 2. The predicted molar refractivity (Wildman–Crippen MR) is 225 cm³/mol. The van der Waals surface area contributed by atoms with Gasteiger partial charge in [-0.05, 0) is 86.4 Å². The number of fused-ring (bicyclic) bond motifs is 6. The van der Waals surface area contributed by atoms with Gasteiger partial charge in [0.15, 0.2) is 0 Å². The summed E-state index contributed by atoms with van der Waals surface area (Å²) in [5.74, 6) is -1.07. The van der Waals surface area contributed by atoms with Crippen LogP contribution in [-0.2, 0) is 33.1 Å². The molecule has 0 atom stereocenters. The smallest absolute Gasteiger partial charge is 0.281 e. The molecule has 0 amide bonds. The first-order valence-electron chi connectivity index (χ1n) is 17.6. The number of aromatic nitrogens is 4. The van der Waals surface area contributed by atoms with Crippen molar-refractivity contribution in [1.29, 1.82) is 0 Å². The molecule has 0 aliphatic heterocycles. The first kappa shape index (κ1) is 41.3. The van der Waals surface area contributed by atoms with E-state index in [0.717, 1.165) is 35.5 Å². The van der Waals surface area contributed by atoms with Crippen LogP contribution in [0.25, 0.3) is 45.5 Å². The van der Waals surface area contributed by atoms with Gasteiger partial charge in [0.1, 0.15) is 31.5 Å². The van der Waals surface area contributed by atoms with Gasteiger partial charge in [-0.25, -0.2) is 18.1 Å². The molecule has 0 radical (unpaired) electrons. The fourth-order valence-corrected chi connectivity index (χ4v) is 11.9. The lowest BCUT2D eigenvalue weighted by Gasteiger charge is -2.08. The van der Waals surface area contributed by atoms with Crippen molar-refractivity contribution >= 4 is 101 Å². The van der Waals surface area contributed by atoms with Crippen LogP contribution >= 0.6 is 69.1 Å². The molecule has 302 valence electrons. The molecule has 0 saturated heterocycles. The molecule has 58 heavy (non-hydrogen) atoms. The number of rotatable bonds is 13. The van der Waals surface area contributed by atoms with Crippen LogP contribution in [0.15, 0.2) is 69.1 Å². The van der Waals surface area contributed by atoms with Gasteiger partial charge in [-0.15, -0.1) is 22.7 Å². The Hall–Kier alpha value is -3.42. The van der Waals surface area contributed by atoms with Crippen molar-refractivity contribution in [2.45, 2.75) is 59.8 Å². The zero-order valence-electron chi connectivity index (χ0n) is 29.6. The lowest BCUT2D eigenvalue weighted by Crippen LogP contribution is -2.00. The van der Waals surface area contributed by atoms with Gasteiger partial charge in [0.25, 0.3) is 0 Å². The number of allylic oxidation sites excluding steroid dienone is 2. The highest BCUT2D eigenvalue weighted by Crippen LogP contribution is 2.49. The van der Waals surface area contributed by atoms with Gasteiger partial charge in [0, 0.05) is 54.9 Å². The van der Waals surface area contributed by atoms with E-state index in [0.29, 0.717) is 90.5 Å². The number of unbranched alkanes of at least 4 members (excludes halogenated alkanes) is 5. The third-order valence-corrected chi connectivity index (χ3v) is 15.7. The maximum Gasteiger partial charge on any atom is 0.304 e. The molecule has 0 saturated carbocycles. The van der Waals surface area contributed by atoms with E-state index in [1.54, 1.807) is 24.3 Å². The summed E-state index contributed by atoms with van der Waals surface area (Å²) >= 11 is 27.1. The van der Waals surface area contributed by atoms with Crippen molar-refractivity contribution in [3.63, 3.8) is 0 Å². The molecule has 0 spiro atoms. The average Bonchev–Trinajstić information content (AvgIpc) is 3.97. The number of halogens is 6. The monoisotopic (exact) mass is 942 g/mol. The Morgan fingerprint density at radius 1 is 0.655 bits per heavy atom. The van der Waals surface area contributed by atoms with Crippen LogP contribution in [0.4, 0.5) is 8.78 Å². The summed E-state index contributed by atoms with van der Waals surface area (Å²) in [6.07, 6.45) is 7.00. The molecule has 20 heteroatoms. The summed E-state index contributed by atoms with van der Waals surface area (Å²) in [5, 5.41) is 10.4. The van der Waals surface area contributed by atoms with Gasteiger partial charge in [0.2, 0.25) is 0 Å². The fraction of sp³-hybridized carbons (Fsp3) is 0.211. The molecule has 4 aromatic heterocycles. The van der Waals surface area contributed by atoms with Gasteiger partial charge in [-0.3, -0.25) is 9.11 Å². The van der Waals surface area contributed by atoms with Gasteiger partial charge >= 0.3 is 20.2 Å². The Balaban J connectivity index is 0.936. The van der Waals surface area contributed by atoms with E-state index in [1.165, 1.54) is 45.8 Å². The minimum Gasteiger partial charge on any atom is -0.281 e. The molecule has 0 fully saturated rings. The van der Waals surface area contributed by atoms with Crippen molar-refractivity contribution < 1.29 is 34.7 Å². The third-order valence-electron chi connectivity index (χ3n) is 9.77. The first-order valence-corrected chi connectivity index (χ1v) is 23.6. The molecule has 2 aliphatic rings. The average molecular weight is 945 g/mol. The molecular weight excluding hydrogens is 917 g/mol. The Kier molecular flexibility index (Phi) is 11.3. The third kappa shape index (κ3) is 7.84. The summed E-state index contributed by atoms with van der Waals surface area (Å²) in [6, 6.07) is 12.3. The summed E-state index contributed by atoms with van der Waals surface area (Å²) in [7, 11) is -8.89. The normalized spacial score (nSPS) is 13.9. The zero-order chi connectivity index (χ0) is 41.3. The van der Waals surface area contributed by atoms with Gasteiger partial charge in [-0.2, -0.15) is 27.0 Å². The maximum atomic E-state index is 15.8. The molecule has 0 bridgehead atoms. The van der Waals surface area contributed by atoms with Crippen molar-refractivity contribution in [3.05, 3.63) is 113 Å². The Labute approximate surface area is 359 Å². The van der Waals surface area contributed by atoms with Crippen molar-refractivity contribution in [1.82, 2.24) is 19.6 Å². The highest BCUT2D eigenvalue weighted by Gasteiger charge is 2.35. The van der Waals surface area contributed by atoms with Crippen molar-refractivity contribution in [2.75, 3.05) is 0 Å². The van der Waals surface area contributed by atoms with E-state index in [2.05, 4.69) is 10.2 Å².